The molecule has 7 heteroatoms. The average molecular weight is 388 g/mol. The van der Waals surface area contributed by atoms with E-state index in [0.717, 1.165) is 24.2 Å². The number of carbonyl (C=O) groups excluding carboxylic acids is 1. The summed E-state index contributed by atoms with van der Waals surface area (Å²) in [6.07, 6.45) is 1.54. The van der Waals surface area contributed by atoms with Crippen LogP contribution in [0.1, 0.15) is 47.3 Å². The fraction of sp³-hybridized carbons (Fsp3) is 0.350. The van der Waals surface area contributed by atoms with Crippen LogP contribution in [0.4, 0.5) is 0 Å². The number of primary amides is 1. The van der Waals surface area contributed by atoms with E-state index >= 15 is 0 Å². The van der Waals surface area contributed by atoms with Gasteiger partial charge < -0.3 is 10.5 Å². The zero-order valence-corrected chi connectivity index (χ0v) is 16.3. The van der Waals surface area contributed by atoms with E-state index < -0.39 is 15.9 Å². The van der Waals surface area contributed by atoms with Crippen LogP contribution < -0.4 is 10.5 Å². The Kier molecular flexibility index (Phi) is 5.53. The van der Waals surface area contributed by atoms with Gasteiger partial charge in [0.1, 0.15) is 5.75 Å². The van der Waals surface area contributed by atoms with Crippen LogP contribution in [-0.2, 0) is 10.0 Å². The molecule has 1 fully saturated rings. The summed E-state index contributed by atoms with van der Waals surface area (Å²) in [4.78, 5) is 11.7. The van der Waals surface area contributed by atoms with E-state index in [2.05, 4.69) is 0 Å². The van der Waals surface area contributed by atoms with Gasteiger partial charge in [0, 0.05) is 12.1 Å². The zero-order valence-electron chi connectivity index (χ0n) is 15.5. The lowest BCUT2D eigenvalue weighted by molar-refractivity contribution is 0.0999. The number of carbonyl (C=O) groups is 1. The molecular weight excluding hydrogens is 364 g/mol. The molecule has 6 nitrogen and oxygen atoms in total. The first-order chi connectivity index (χ1) is 12.8. The fourth-order valence-electron chi connectivity index (χ4n) is 3.48. The van der Waals surface area contributed by atoms with Crippen molar-refractivity contribution < 1.29 is 17.9 Å². The first kappa shape index (κ1) is 19.4. The second-order valence-electron chi connectivity index (χ2n) is 6.62. The number of rotatable bonds is 6. The number of nitrogens with two attached hydrogens (primary N) is 1. The Morgan fingerprint density at radius 3 is 2.56 bits per heavy atom. The van der Waals surface area contributed by atoms with Crippen LogP contribution in [0.25, 0.3) is 0 Å². The molecule has 1 unspecified atom stereocenters. The quantitative estimate of drug-likeness (QED) is 0.824. The molecule has 2 aromatic carbocycles. The summed E-state index contributed by atoms with van der Waals surface area (Å²) >= 11 is 0. The Hall–Kier alpha value is -2.38. The third-order valence-electron chi connectivity index (χ3n) is 4.86. The standard InChI is InChI=1S/C20H24N2O4S/c1-3-26-16-9-7-15(8-10-16)19-5-4-12-22(19)27(24,25)17-11-6-14(2)18(13-17)20(21)23/h6-11,13,19H,3-5,12H2,1-2H3,(H2,21,23). The lowest BCUT2D eigenvalue weighted by Gasteiger charge is -2.25. The van der Waals surface area contributed by atoms with E-state index in [1.54, 1.807) is 13.0 Å². The lowest BCUT2D eigenvalue weighted by atomic mass is 10.1. The van der Waals surface area contributed by atoms with Crippen LogP contribution >= 0.6 is 0 Å². The number of hydrogen-bond acceptors (Lipinski definition) is 4. The van der Waals surface area contributed by atoms with Crippen molar-refractivity contribution in [2.75, 3.05) is 13.2 Å². The average Bonchev–Trinajstić information content (AvgIpc) is 3.13. The molecule has 2 aromatic rings. The van der Waals surface area contributed by atoms with Gasteiger partial charge in [0.15, 0.2) is 0 Å². The van der Waals surface area contributed by atoms with Gasteiger partial charge in [0.25, 0.3) is 0 Å². The summed E-state index contributed by atoms with van der Waals surface area (Å²) in [6.45, 7) is 4.68. The predicted octanol–water partition coefficient (Wildman–Crippen LogP) is 3.02. The van der Waals surface area contributed by atoms with Crippen molar-refractivity contribution in [2.24, 2.45) is 5.73 Å². The molecule has 1 aliphatic rings. The van der Waals surface area contributed by atoms with Gasteiger partial charge in [-0.25, -0.2) is 8.42 Å². The summed E-state index contributed by atoms with van der Waals surface area (Å²) in [6, 6.07) is 11.8. The largest absolute Gasteiger partial charge is 0.494 e. The van der Waals surface area contributed by atoms with E-state index in [1.807, 2.05) is 31.2 Å². The molecule has 1 heterocycles. The molecule has 144 valence electrons. The topological polar surface area (TPSA) is 89.7 Å². The highest BCUT2D eigenvalue weighted by molar-refractivity contribution is 7.89. The number of aryl methyl sites for hydroxylation is 1. The maximum Gasteiger partial charge on any atom is 0.249 e. The molecule has 3 rings (SSSR count). The number of amides is 1. The van der Waals surface area contributed by atoms with Gasteiger partial charge >= 0.3 is 0 Å². The van der Waals surface area contributed by atoms with E-state index in [0.29, 0.717) is 18.7 Å². The van der Waals surface area contributed by atoms with Crippen LogP contribution in [0.5, 0.6) is 5.75 Å². The molecule has 1 atom stereocenters. The zero-order chi connectivity index (χ0) is 19.6. The summed E-state index contributed by atoms with van der Waals surface area (Å²) in [5.41, 5.74) is 7.20. The van der Waals surface area contributed by atoms with E-state index in [-0.39, 0.29) is 16.5 Å². The number of benzene rings is 2. The first-order valence-corrected chi connectivity index (χ1v) is 10.4. The van der Waals surface area contributed by atoms with Crippen molar-refractivity contribution in [1.82, 2.24) is 4.31 Å². The summed E-state index contributed by atoms with van der Waals surface area (Å²) in [7, 11) is -3.73. The molecule has 1 saturated heterocycles. The van der Waals surface area contributed by atoms with Crippen LogP contribution in [0.15, 0.2) is 47.4 Å². The second kappa shape index (κ2) is 7.70. The molecule has 0 bridgehead atoms. The van der Waals surface area contributed by atoms with Crippen molar-refractivity contribution in [3.05, 3.63) is 59.2 Å². The number of sulfonamides is 1. The van der Waals surface area contributed by atoms with Gasteiger partial charge in [0.2, 0.25) is 15.9 Å². The minimum Gasteiger partial charge on any atom is -0.494 e. The predicted molar refractivity (Wildman–Crippen MR) is 103 cm³/mol. The first-order valence-electron chi connectivity index (χ1n) is 8.99. The molecule has 0 spiro atoms. The van der Waals surface area contributed by atoms with Crippen LogP contribution in [0, 0.1) is 6.92 Å². The van der Waals surface area contributed by atoms with Crippen LogP contribution in [-0.4, -0.2) is 31.8 Å². The Morgan fingerprint density at radius 2 is 1.93 bits per heavy atom. The van der Waals surface area contributed by atoms with Gasteiger partial charge in [-0.05, 0) is 62.1 Å². The minimum absolute atomic E-state index is 0.0970. The number of ether oxygens (including phenoxy) is 1. The minimum atomic E-state index is -3.73. The Labute approximate surface area is 160 Å². The van der Waals surface area contributed by atoms with Gasteiger partial charge in [-0.15, -0.1) is 0 Å². The monoisotopic (exact) mass is 388 g/mol. The highest BCUT2D eigenvalue weighted by Crippen LogP contribution is 2.37. The van der Waals surface area contributed by atoms with Crippen molar-refractivity contribution in [3.8, 4) is 5.75 Å². The molecular formula is C20H24N2O4S. The Morgan fingerprint density at radius 1 is 1.22 bits per heavy atom. The molecule has 0 aromatic heterocycles. The Bertz CT molecular complexity index is 939. The fourth-order valence-corrected chi connectivity index (χ4v) is 5.19. The van der Waals surface area contributed by atoms with Crippen molar-refractivity contribution in [3.63, 3.8) is 0 Å². The smallest absolute Gasteiger partial charge is 0.249 e. The SMILES string of the molecule is CCOc1ccc(C2CCCN2S(=O)(=O)c2ccc(C)c(C(N)=O)c2)cc1. The third kappa shape index (κ3) is 3.84. The molecule has 1 aliphatic heterocycles. The van der Waals surface area contributed by atoms with Gasteiger partial charge in [-0.3, -0.25) is 4.79 Å². The van der Waals surface area contributed by atoms with Gasteiger partial charge in [-0.2, -0.15) is 4.31 Å². The molecule has 27 heavy (non-hydrogen) atoms. The Balaban J connectivity index is 1.93. The van der Waals surface area contributed by atoms with Gasteiger partial charge in [-0.1, -0.05) is 18.2 Å². The third-order valence-corrected chi connectivity index (χ3v) is 6.76. The normalized spacial score (nSPS) is 17.8. The summed E-state index contributed by atoms with van der Waals surface area (Å²) < 4.78 is 33.4. The van der Waals surface area contributed by atoms with E-state index in [4.69, 9.17) is 10.5 Å². The van der Waals surface area contributed by atoms with Crippen molar-refractivity contribution in [2.45, 2.75) is 37.6 Å². The lowest BCUT2D eigenvalue weighted by Crippen LogP contribution is -2.31. The highest BCUT2D eigenvalue weighted by atomic mass is 32.2. The summed E-state index contributed by atoms with van der Waals surface area (Å²) in [5.74, 6) is 0.132. The molecule has 1 amide bonds. The van der Waals surface area contributed by atoms with E-state index in [1.165, 1.54) is 16.4 Å². The van der Waals surface area contributed by atoms with Gasteiger partial charge in [0.05, 0.1) is 17.5 Å². The number of nitrogens with zero attached hydrogens (tertiary/aromatic N) is 1. The molecule has 0 radical (unpaired) electrons. The van der Waals surface area contributed by atoms with Crippen LogP contribution in [0.2, 0.25) is 0 Å². The molecule has 0 saturated carbocycles. The maximum atomic E-state index is 13.2. The second-order valence-corrected chi connectivity index (χ2v) is 8.51. The van der Waals surface area contributed by atoms with Crippen molar-refractivity contribution >= 4 is 15.9 Å². The van der Waals surface area contributed by atoms with Crippen LogP contribution in [0.3, 0.4) is 0 Å². The molecule has 2 N–H and O–H groups in total. The van der Waals surface area contributed by atoms with Crippen molar-refractivity contribution in [1.29, 1.82) is 0 Å². The molecule has 0 aliphatic carbocycles. The number of hydrogen-bond donors (Lipinski definition) is 1. The maximum absolute atomic E-state index is 13.2. The van der Waals surface area contributed by atoms with E-state index in [9.17, 15) is 13.2 Å². The highest BCUT2D eigenvalue weighted by Gasteiger charge is 2.36. The summed E-state index contributed by atoms with van der Waals surface area (Å²) in [5, 5.41) is 0.